The highest BCUT2D eigenvalue weighted by molar-refractivity contribution is 5.91. The number of anilines is 1. The minimum Gasteiger partial charge on any atom is -0.327 e. The zero-order valence-electron chi connectivity index (χ0n) is 12.6. The van der Waals surface area contributed by atoms with E-state index in [1.165, 1.54) is 12.8 Å². The fraction of sp³-hybridized carbons (Fsp3) is 0.412. The molecule has 0 bridgehead atoms. The molecule has 3 N–H and O–H groups in total. The lowest BCUT2D eigenvalue weighted by Gasteiger charge is -2.27. The van der Waals surface area contributed by atoms with Gasteiger partial charge in [-0.2, -0.15) is 0 Å². The predicted molar refractivity (Wildman–Crippen MR) is 86.7 cm³/mol. The second-order valence-electron chi connectivity index (χ2n) is 5.98. The van der Waals surface area contributed by atoms with Crippen molar-refractivity contribution in [2.24, 2.45) is 11.7 Å². The Labute approximate surface area is 130 Å². The normalized spacial score (nSPS) is 21.5. The van der Waals surface area contributed by atoms with Gasteiger partial charge in [-0.25, -0.2) is 4.98 Å². The van der Waals surface area contributed by atoms with E-state index < -0.39 is 0 Å². The molecule has 1 saturated carbocycles. The van der Waals surface area contributed by atoms with Crippen molar-refractivity contribution in [3.63, 3.8) is 0 Å². The van der Waals surface area contributed by atoms with Crippen molar-refractivity contribution in [3.8, 4) is 5.69 Å². The maximum atomic E-state index is 12.2. The Kier molecular flexibility index (Phi) is 4.53. The van der Waals surface area contributed by atoms with Crippen molar-refractivity contribution >= 4 is 11.6 Å². The molecule has 116 valence electrons. The smallest absolute Gasteiger partial charge is 0.224 e. The molecule has 1 heterocycles. The summed E-state index contributed by atoms with van der Waals surface area (Å²) in [6, 6.07) is 7.92. The van der Waals surface area contributed by atoms with Gasteiger partial charge in [-0.1, -0.05) is 18.9 Å². The first-order valence-electron chi connectivity index (χ1n) is 7.86. The van der Waals surface area contributed by atoms with Gasteiger partial charge in [0.25, 0.3) is 0 Å². The molecular weight excluding hydrogens is 276 g/mol. The summed E-state index contributed by atoms with van der Waals surface area (Å²) in [6.45, 7) is 0. The summed E-state index contributed by atoms with van der Waals surface area (Å²) in [4.78, 5) is 16.3. The average Bonchev–Trinajstić information content (AvgIpc) is 3.04. The largest absolute Gasteiger partial charge is 0.327 e. The summed E-state index contributed by atoms with van der Waals surface area (Å²) in [7, 11) is 0. The Morgan fingerprint density at radius 3 is 3.00 bits per heavy atom. The standard InChI is InChI=1S/C17H22N4O/c18-16-7-2-1-4-13(16)10-17(22)20-14-5-3-6-15(11-14)21-9-8-19-12-21/h3,5-6,8-9,11-13,16H,1-2,4,7,10,18H2,(H,20,22). The number of rotatable bonds is 4. The molecule has 3 rings (SSSR count). The molecule has 0 radical (unpaired) electrons. The molecule has 1 aliphatic carbocycles. The number of nitrogens with one attached hydrogen (secondary N) is 1. The van der Waals surface area contributed by atoms with Crippen LogP contribution in [-0.4, -0.2) is 21.5 Å². The lowest BCUT2D eigenvalue weighted by atomic mass is 9.83. The summed E-state index contributed by atoms with van der Waals surface area (Å²) in [5.41, 5.74) is 7.90. The van der Waals surface area contributed by atoms with Crippen LogP contribution in [0.4, 0.5) is 5.69 Å². The number of benzene rings is 1. The van der Waals surface area contributed by atoms with Crippen molar-refractivity contribution in [2.75, 3.05) is 5.32 Å². The summed E-state index contributed by atoms with van der Waals surface area (Å²) in [6.07, 6.45) is 10.3. The van der Waals surface area contributed by atoms with Crippen molar-refractivity contribution < 1.29 is 4.79 Å². The Morgan fingerprint density at radius 1 is 1.36 bits per heavy atom. The van der Waals surface area contributed by atoms with E-state index in [-0.39, 0.29) is 11.9 Å². The molecule has 1 aliphatic rings. The van der Waals surface area contributed by atoms with Crippen LogP contribution >= 0.6 is 0 Å². The van der Waals surface area contributed by atoms with Gasteiger partial charge >= 0.3 is 0 Å². The molecule has 2 atom stereocenters. The second-order valence-corrected chi connectivity index (χ2v) is 5.98. The maximum absolute atomic E-state index is 12.2. The fourth-order valence-electron chi connectivity index (χ4n) is 3.10. The highest BCUT2D eigenvalue weighted by Crippen LogP contribution is 2.26. The van der Waals surface area contributed by atoms with Crippen LogP contribution in [0.15, 0.2) is 43.0 Å². The summed E-state index contributed by atoms with van der Waals surface area (Å²) in [5.74, 6) is 0.357. The number of hydrogen-bond donors (Lipinski definition) is 2. The molecule has 2 aromatic rings. The van der Waals surface area contributed by atoms with Gasteiger partial charge in [-0.3, -0.25) is 4.79 Å². The van der Waals surface area contributed by atoms with Crippen LogP contribution in [0, 0.1) is 5.92 Å². The van der Waals surface area contributed by atoms with Crippen molar-refractivity contribution in [1.82, 2.24) is 9.55 Å². The Morgan fingerprint density at radius 2 is 2.23 bits per heavy atom. The lowest BCUT2D eigenvalue weighted by Crippen LogP contribution is -2.35. The van der Waals surface area contributed by atoms with Crippen LogP contribution < -0.4 is 11.1 Å². The lowest BCUT2D eigenvalue weighted by molar-refractivity contribution is -0.117. The molecule has 0 saturated heterocycles. The molecule has 1 fully saturated rings. The van der Waals surface area contributed by atoms with Crippen LogP contribution in [0.1, 0.15) is 32.1 Å². The fourth-order valence-corrected chi connectivity index (χ4v) is 3.10. The van der Waals surface area contributed by atoms with E-state index in [1.54, 1.807) is 12.5 Å². The number of imidazole rings is 1. The summed E-state index contributed by atoms with van der Waals surface area (Å²) >= 11 is 0. The highest BCUT2D eigenvalue weighted by Gasteiger charge is 2.24. The van der Waals surface area contributed by atoms with E-state index >= 15 is 0 Å². The predicted octanol–water partition coefficient (Wildman–Crippen LogP) is 2.72. The molecule has 1 amide bonds. The molecule has 22 heavy (non-hydrogen) atoms. The molecule has 2 unspecified atom stereocenters. The van der Waals surface area contributed by atoms with E-state index in [0.717, 1.165) is 24.2 Å². The first-order chi connectivity index (χ1) is 10.7. The summed E-state index contributed by atoms with van der Waals surface area (Å²) < 4.78 is 1.91. The third kappa shape index (κ3) is 3.54. The van der Waals surface area contributed by atoms with Crippen LogP contribution in [0.5, 0.6) is 0 Å². The number of carbonyl (C=O) groups is 1. The minimum atomic E-state index is 0.0464. The number of nitrogens with zero attached hydrogens (tertiary/aromatic N) is 2. The first kappa shape index (κ1) is 14.8. The third-order valence-corrected chi connectivity index (χ3v) is 4.35. The number of aromatic nitrogens is 2. The van der Waals surface area contributed by atoms with Gasteiger partial charge in [0.15, 0.2) is 0 Å². The van der Waals surface area contributed by atoms with Crippen LogP contribution in [-0.2, 0) is 4.79 Å². The Hall–Kier alpha value is -2.14. The van der Waals surface area contributed by atoms with E-state index in [1.807, 2.05) is 35.0 Å². The summed E-state index contributed by atoms with van der Waals surface area (Å²) in [5, 5.41) is 2.98. The van der Waals surface area contributed by atoms with Crippen LogP contribution in [0.25, 0.3) is 5.69 Å². The van der Waals surface area contributed by atoms with Crippen molar-refractivity contribution in [2.45, 2.75) is 38.1 Å². The Balaban J connectivity index is 1.63. The number of nitrogens with two attached hydrogens (primary N) is 1. The molecule has 5 heteroatoms. The zero-order chi connectivity index (χ0) is 15.4. The molecule has 0 aliphatic heterocycles. The monoisotopic (exact) mass is 298 g/mol. The van der Waals surface area contributed by atoms with Gasteiger partial charge in [-0.05, 0) is 37.0 Å². The number of carbonyl (C=O) groups excluding carboxylic acids is 1. The van der Waals surface area contributed by atoms with Crippen molar-refractivity contribution in [1.29, 1.82) is 0 Å². The van der Waals surface area contributed by atoms with Gasteiger partial charge in [0, 0.05) is 36.2 Å². The van der Waals surface area contributed by atoms with Gasteiger partial charge in [0.2, 0.25) is 5.91 Å². The topological polar surface area (TPSA) is 72.9 Å². The van der Waals surface area contributed by atoms with E-state index in [2.05, 4.69) is 10.3 Å². The van der Waals surface area contributed by atoms with E-state index in [0.29, 0.717) is 12.3 Å². The average molecular weight is 298 g/mol. The van der Waals surface area contributed by atoms with Gasteiger partial charge in [0.1, 0.15) is 0 Å². The molecule has 0 spiro atoms. The van der Waals surface area contributed by atoms with E-state index in [9.17, 15) is 4.79 Å². The van der Waals surface area contributed by atoms with Crippen LogP contribution in [0.3, 0.4) is 0 Å². The maximum Gasteiger partial charge on any atom is 0.224 e. The third-order valence-electron chi connectivity index (χ3n) is 4.35. The molecule has 1 aromatic carbocycles. The first-order valence-corrected chi connectivity index (χ1v) is 7.86. The molecule has 1 aromatic heterocycles. The minimum absolute atomic E-state index is 0.0464. The van der Waals surface area contributed by atoms with Gasteiger partial charge in [0.05, 0.1) is 6.33 Å². The quantitative estimate of drug-likeness (QED) is 0.911. The van der Waals surface area contributed by atoms with E-state index in [4.69, 9.17) is 5.73 Å². The second kappa shape index (κ2) is 6.75. The number of amides is 1. The van der Waals surface area contributed by atoms with Gasteiger partial charge in [-0.15, -0.1) is 0 Å². The zero-order valence-corrected chi connectivity index (χ0v) is 12.6. The molecular formula is C17H22N4O. The van der Waals surface area contributed by atoms with Gasteiger partial charge < -0.3 is 15.6 Å². The number of hydrogen-bond acceptors (Lipinski definition) is 3. The highest BCUT2D eigenvalue weighted by atomic mass is 16.1. The molecule has 5 nitrogen and oxygen atoms in total. The SMILES string of the molecule is NC1CCCCC1CC(=O)Nc1cccc(-n2ccnc2)c1. The van der Waals surface area contributed by atoms with Crippen LogP contribution in [0.2, 0.25) is 0 Å². The Bertz CT molecular complexity index is 623. The van der Waals surface area contributed by atoms with Crippen molar-refractivity contribution in [3.05, 3.63) is 43.0 Å².